The summed E-state index contributed by atoms with van der Waals surface area (Å²) in [6, 6.07) is 32.3. The minimum Gasteiger partial charge on any atom is -0.268 e. The van der Waals surface area contributed by atoms with Crippen LogP contribution in [0.25, 0.3) is 6.08 Å². The zero-order valence-electron chi connectivity index (χ0n) is 19.2. The Morgan fingerprint density at radius 1 is 0.611 bits per heavy atom. The number of amides is 4. The molecular weight excluding hydrogens is 516 g/mol. The fourth-order valence-corrected chi connectivity index (χ4v) is 4.52. The molecule has 0 aromatic heterocycles. The molecule has 176 valence electrons. The molecule has 0 saturated carbocycles. The zero-order valence-corrected chi connectivity index (χ0v) is 20.8. The molecule has 1 heterocycles. The molecule has 1 saturated heterocycles. The lowest BCUT2D eigenvalue weighted by Crippen LogP contribution is -2.57. The first-order chi connectivity index (χ1) is 17.5. The standard InChI is InChI=1S/C30H21BrN2O3/c31-27-14-8-7-9-23(27)19-21-15-17-22(18-16-21)20-26-28(34)32(24-10-3-1-4-11-24)30(36)33(29(26)35)25-12-5-2-6-13-25/h1-18,20H,19H2. The Balaban J connectivity index is 1.51. The number of rotatable bonds is 5. The predicted octanol–water partition coefficient (Wildman–Crippen LogP) is 6.62. The minimum absolute atomic E-state index is 0.0825. The summed E-state index contributed by atoms with van der Waals surface area (Å²) in [6.07, 6.45) is 2.29. The van der Waals surface area contributed by atoms with Gasteiger partial charge in [-0.15, -0.1) is 0 Å². The van der Waals surface area contributed by atoms with Crippen LogP contribution in [0.15, 0.2) is 119 Å². The Morgan fingerprint density at radius 3 is 1.64 bits per heavy atom. The molecule has 1 aliphatic heterocycles. The van der Waals surface area contributed by atoms with Gasteiger partial charge in [0.1, 0.15) is 5.57 Å². The van der Waals surface area contributed by atoms with E-state index in [-0.39, 0.29) is 5.57 Å². The van der Waals surface area contributed by atoms with Crippen molar-refractivity contribution in [3.8, 4) is 0 Å². The summed E-state index contributed by atoms with van der Waals surface area (Å²) in [5.41, 5.74) is 3.67. The van der Waals surface area contributed by atoms with Crippen molar-refractivity contribution in [2.75, 3.05) is 9.80 Å². The van der Waals surface area contributed by atoms with Crippen LogP contribution in [-0.4, -0.2) is 17.8 Å². The largest absolute Gasteiger partial charge is 0.343 e. The van der Waals surface area contributed by atoms with Crippen LogP contribution in [0.1, 0.15) is 16.7 Å². The highest BCUT2D eigenvalue weighted by molar-refractivity contribution is 9.10. The second kappa shape index (κ2) is 10.1. The summed E-state index contributed by atoms with van der Waals surface area (Å²) in [7, 11) is 0. The molecular formula is C30H21BrN2O3. The van der Waals surface area contributed by atoms with Crippen LogP contribution >= 0.6 is 15.9 Å². The lowest BCUT2D eigenvalue weighted by atomic mass is 10.0. The monoisotopic (exact) mass is 536 g/mol. The summed E-state index contributed by atoms with van der Waals surface area (Å²) < 4.78 is 1.04. The Labute approximate surface area is 217 Å². The van der Waals surface area contributed by atoms with Gasteiger partial charge in [-0.25, -0.2) is 14.6 Å². The number of nitrogens with zero attached hydrogens (tertiary/aromatic N) is 2. The summed E-state index contributed by atoms with van der Waals surface area (Å²) in [5.74, 6) is -1.30. The van der Waals surface area contributed by atoms with E-state index >= 15 is 0 Å². The topological polar surface area (TPSA) is 57.7 Å². The first-order valence-corrected chi connectivity index (χ1v) is 12.2. The molecule has 0 aliphatic carbocycles. The molecule has 0 atom stereocenters. The number of imide groups is 2. The van der Waals surface area contributed by atoms with Crippen molar-refractivity contribution in [1.29, 1.82) is 0 Å². The molecule has 1 fully saturated rings. The van der Waals surface area contributed by atoms with Crippen LogP contribution in [0.4, 0.5) is 16.2 Å². The first-order valence-electron chi connectivity index (χ1n) is 11.4. The lowest BCUT2D eigenvalue weighted by Gasteiger charge is -2.33. The quantitative estimate of drug-likeness (QED) is 0.212. The highest BCUT2D eigenvalue weighted by atomic mass is 79.9. The molecule has 0 N–H and O–H groups in total. The lowest BCUT2D eigenvalue weighted by molar-refractivity contribution is -0.121. The number of halogens is 1. The van der Waals surface area contributed by atoms with E-state index in [1.807, 2.05) is 42.5 Å². The molecule has 1 aliphatic rings. The van der Waals surface area contributed by atoms with Gasteiger partial charge in [-0.2, -0.15) is 0 Å². The van der Waals surface area contributed by atoms with Crippen molar-refractivity contribution in [3.05, 3.63) is 136 Å². The predicted molar refractivity (Wildman–Crippen MR) is 145 cm³/mol. The SMILES string of the molecule is O=C1C(=Cc2ccc(Cc3ccccc3Br)cc2)C(=O)N(c2ccccc2)C(=O)N1c1ccccc1. The highest BCUT2D eigenvalue weighted by Crippen LogP contribution is 2.29. The van der Waals surface area contributed by atoms with Crippen molar-refractivity contribution in [2.24, 2.45) is 0 Å². The van der Waals surface area contributed by atoms with E-state index < -0.39 is 17.8 Å². The zero-order chi connectivity index (χ0) is 25.1. The van der Waals surface area contributed by atoms with Gasteiger partial charge in [0.15, 0.2) is 0 Å². The fraction of sp³-hybridized carbons (Fsp3) is 0.0333. The molecule has 5 nitrogen and oxygen atoms in total. The Kier molecular flexibility index (Phi) is 6.60. The molecule has 0 bridgehead atoms. The van der Waals surface area contributed by atoms with Crippen molar-refractivity contribution in [2.45, 2.75) is 6.42 Å². The van der Waals surface area contributed by atoms with Gasteiger partial charge < -0.3 is 0 Å². The number of carbonyl (C=O) groups is 3. The van der Waals surface area contributed by atoms with Gasteiger partial charge in [-0.3, -0.25) is 9.59 Å². The average Bonchev–Trinajstić information content (AvgIpc) is 2.90. The highest BCUT2D eigenvalue weighted by Gasteiger charge is 2.43. The van der Waals surface area contributed by atoms with Crippen molar-refractivity contribution in [1.82, 2.24) is 0 Å². The van der Waals surface area contributed by atoms with Crippen LogP contribution in [0.5, 0.6) is 0 Å². The second-order valence-corrected chi connectivity index (χ2v) is 9.16. The number of benzene rings is 4. The second-order valence-electron chi connectivity index (χ2n) is 8.30. The Hall–Kier alpha value is -4.29. The summed E-state index contributed by atoms with van der Waals surface area (Å²) in [6.45, 7) is 0. The van der Waals surface area contributed by atoms with Crippen LogP contribution in [-0.2, 0) is 16.0 Å². The third-order valence-electron chi connectivity index (χ3n) is 5.92. The molecule has 0 spiro atoms. The molecule has 4 aromatic carbocycles. The Bertz CT molecular complexity index is 1400. The number of para-hydroxylation sites is 2. The van der Waals surface area contributed by atoms with E-state index in [0.29, 0.717) is 16.9 Å². The van der Waals surface area contributed by atoms with E-state index in [0.717, 1.165) is 31.8 Å². The minimum atomic E-state index is -0.705. The number of barbiturate groups is 1. The number of hydrogen-bond donors (Lipinski definition) is 0. The van der Waals surface area contributed by atoms with Crippen LogP contribution < -0.4 is 9.80 Å². The normalized spacial score (nSPS) is 13.8. The van der Waals surface area contributed by atoms with Crippen molar-refractivity contribution < 1.29 is 14.4 Å². The molecule has 0 unspecified atom stereocenters. The van der Waals surface area contributed by atoms with E-state index in [1.165, 1.54) is 0 Å². The van der Waals surface area contributed by atoms with Gasteiger partial charge >= 0.3 is 6.03 Å². The van der Waals surface area contributed by atoms with E-state index in [1.54, 1.807) is 66.7 Å². The van der Waals surface area contributed by atoms with Gasteiger partial charge in [-0.1, -0.05) is 94.8 Å². The number of urea groups is 1. The Morgan fingerprint density at radius 2 is 1.11 bits per heavy atom. The molecule has 36 heavy (non-hydrogen) atoms. The van der Waals surface area contributed by atoms with E-state index in [2.05, 4.69) is 22.0 Å². The van der Waals surface area contributed by atoms with Crippen LogP contribution in [0.3, 0.4) is 0 Å². The van der Waals surface area contributed by atoms with Gasteiger partial charge in [0.2, 0.25) is 0 Å². The molecule has 5 rings (SSSR count). The number of hydrogen-bond acceptors (Lipinski definition) is 3. The number of anilines is 2. The number of carbonyl (C=O) groups excluding carboxylic acids is 3. The first kappa shape index (κ1) is 23.5. The maximum Gasteiger partial charge on any atom is 0.343 e. The van der Waals surface area contributed by atoms with Gasteiger partial charge in [-0.05, 0) is 59.5 Å². The summed E-state index contributed by atoms with van der Waals surface area (Å²) in [4.78, 5) is 42.4. The average molecular weight is 537 g/mol. The van der Waals surface area contributed by atoms with E-state index in [4.69, 9.17) is 0 Å². The van der Waals surface area contributed by atoms with Crippen LogP contribution in [0, 0.1) is 0 Å². The maximum absolute atomic E-state index is 13.5. The third-order valence-corrected chi connectivity index (χ3v) is 6.70. The third kappa shape index (κ3) is 4.63. The summed E-state index contributed by atoms with van der Waals surface area (Å²) in [5, 5.41) is 0. The van der Waals surface area contributed by atoms with Crippen molar-refractivity contribution in [3.63, 3.8) is 0 Å². The molecule has 0 radical (unpaired) electrons. The fourth-order valence-electron chi connectivity index (χ4n) is 4.10. The van der Waals surface area contributed by atoms with Gasteiger partial charge in [0, 0.05) is 4.47 Å². The maximum atomic E-state index is 13.5. The smallest absolute Gasteiger partial charge is 0.268 e. The van der Waals surface area contributed by atoms with Crippen LogP contribution in [0.2, 0.25) is 0 Å². The van der Waals surface area contributed by atoms with Gasteiger partial charge in [0.25, 0.3) is 11.8 Å². The molecule has 4 aromatic rings. The van der Waals surface area contributed by atoms with Gasteiger partial charge in [0.05, 0.1) is 11.4 Å². The van der Waals surface area contributed by atoms with E-state index in [9.17, 15) is 14.4 Å². The molecule has 4 amide bonds. The summed E-state index contributed by atoms with van der Waals surface area (Å²) >= 11 is 3.58. The molecule has 6 heteroatoms. The van der Waals surface area contributed by atoms with Crippen molar-refractivity contribution >= 4 is 51.2 Å².